The number of aryl methyl sites for hydroxylation is 2. The van der Waals surface area contributed by atoms with Crippen LogP contribution in [0.3, 0.4) is 0 Å². The number of rotatable bonds is 4. The Labute approximate surface area is 106 Å². The summed E-state index contributed by atoms with van der Waals surface area (Å²) in [5, 5.41) is 15.4. The van der Waals surface area contributed by atoms with E-state index in [0.717, 1.165) is 18.4 Å². The van der Waals surface area contributed by atoms with Crippen molar-refractivity contribution in [2.45, 2.75) is 26.7 Å². The number of carbonyl (C=O) groups is 1. The summed E-state index contributed by atoms with van der Waals surface area (Å²) >= 11 is 0. The predicted octanol–water partition coefficient (Wildman–Crippen LogP) is 2.90. The van der Waals surface area contributed by atoms with E-state index in [1.807, 2.05) is 6.07 Å². The molecule has 0 amide bonds. The third-order valence-electron chi connectivity index (χ3n) is 3.07. The highest BCUT2D eigenvalue weighted by atomic mass is 16.4. The lowest BCUT2D eigenvalue weighted by molar-refractivity contribution is 0.0690. The van der Waals surface area contributed by atoms with Crippen molar-refractivity contribution in [3.05, 3.63) is 41.1 Å². The van der Waals surface area contributed by atoms with Gasteiger partial charge >= 0.3 is 5.97 Å². The maximum atomic E-state index is 10.8. The first kappa shape index (κ1) is 12.4. The quantitative estimate of drug-likeness (QED) is 0.869. The van der Waals surface area contributed by atoms with Crippen LogP contribution >= 0.6 is 0 Å². The number of H-pyrrole nitrogens is 1. The molecule has 0 atom stereocenters. The van der Waals surface area contributed by atoms with Crippen LogP contribution in [0.2, 0.25) is 0 Å². The van der Waals surface area contributed by atoms with Crippen LogP contribution < -0.4 is 0 Å². The SMILES string of the molecule is CCc1ccc(-c2cc(C(=O)O)[nH]n2)cc1CC. The molecule has 0 bridgehead atoms. The third kappa shape index (κ3) is 2.27. The minimum absolute atomic E-state index is 0.114. The van der Waals surface area contributed by atoms with Gasteiger partial charge in [0.05, 0.1) is 5.69 Å². The Kier molecular flexibility index (Phi) is 3.46. The Morgan fingerprint density at radius 1 is 1.22 bits per heavy atom. The van der Waals surface area contributed by atoms with Crippen LogP contribution in [-0.2, 0) is 12.8 Å². The van der Waals surface area contributed by atoms with Crippen LogP contribution in [0.25, 0.3) is 11.3 Å². The van der Waals surface area contributed by atoms with Crippen molar-refractivity contribution in [1.29, 1.82) is 0 Å². The third-order valence-corrected chi connectivity index (χ3v) is 3.07. The van der Waals surface area contributed by atoms with E-state index in [1.54, 1.807) is 6.07 Å². The van der Waals surface area contributed by atoms with E-state index in [4.69, 9.17) is 5.11 Å². The van der Waals surface area contributed by atoms with Crippen molar-refractivity contribution in [2.75, 3.05) is 0 Å². The Balaban J connectivity index is 2.41. The zero-order chi connectivity index (χ0) is 13.1. The van der Waals surface area contributed by atoms with E-state index in [0.29, 0.717) is 5.69 Å². The number of carboxylic acids is 1. The molecule has 2 N–H and O–H groups in total. The fourth-order valence-electron chi connectivity index (χ4n) is 2.04. The first-order valence-electron chi connectivity index (χ1n) is 6.06. The van der Waals surface area contributed by atoms with Gasteiger partial charge in [-0.3, -0.25) is 5.10 Å². The molecule has 1 heterocycles. The molecule has 0 aliphatic heterocycles. The number of aromatic nitrogens is 2. The lowest BCUT2D eigenvalue weighted by Crippen LogP contribution is -1.95. The van der Waals surface area contributed by atoms with Crippen molar-refractivity contribution in [3.63, 3.8) is 0 Å². The molecule has 4 heteroatoms. The molecule has 0 radical (unpaired) electrons. The van der Waals surface area contributed by atoms with Crippen molar-refractivity contribution < 1.29 is 9.90 Å². The largest absolute Gasteiger partial charge is 0.477 e. The van der Waals surface area contributed by atoms with Gasteiger partial charge < -0.3 is 5.11 Å². The van der Waals surface area contributed by atoms with Crippen molar-refractivity contribution in [2.24, 2.45) is 0 Å². The van der Waals surface area contributed by atoms with Gasteiger partial charge in [0, 0.05) is 5.56 Å². The van der Waals surface area contributed by atoms with Crippen molar-refractivity contribution in [3.8, 4) is 11.3 Å². The smallest absolute Gasteiger partial charge is 0.353 e. The van der Waals surface area contributed by atoms with E-state index in [2.05, 4.69) is 36.2 Å². The Hall–Kier alpha value is -2.10. The van der Waals surface area contributed by atoms with Crippen molar-refractivity contribution in [1.82, 2.24) is 10.2 Å². The van der Waals surface area contributed by atoms with Gasteiger partial charge in [-0.05, 0) is 36.1 Å². The van der Waals surface area contributed by atoms with Gasteiger partial charge in [-0.25, -0.2) is 4.79 Å². The second-order valence-corrected chi connectivity index (χ2v) is 4.16. The molecule has 1 aromatic carbocycles. The van der Waals surface area contributed by atoms with Crippen LogP contribution in [-0.4, -0.2) is 21.3 Å². The molecule has 2 rings (SSSR count). The van der Waals surface area contributed by atoms with Gasteiger partial charge in [0.2, 0.25) is 0 Å². The molecule has 1 aromatic heterocycles. The standard InChI is InChI=1S/C14H16N2O2/c1-3-9-5-6-11(7-10(9)4-2)12-8-13(14(17)18)16-15-12/h5-8H,3-4H2,1-2H3,(H,15,16)(H,17,18). The highest BCUT2D eigenvalue weighted by Crippen LogP contribution is 2.22. The van der Waals surface area contributed by atoms with Gasteiger partial charge in [-0.15, -0.1) is 0 Å². The number of aromatic carboxylic acids is 1. The number of nitrogens with zero attached hydrogens (tertiary/aromatic N) is 1. The maximum absolute atomic E-state index is 10.8. The summed E-state index contributed by atoms with van der Waals surface area (Å²) in [6.07, 6.45) is 1.97. The Morgan fingerprint density at radius 3 is 2.50 bits per heavy atom. The van der Waals surface area contributed by atoms with E-state index < -0.39 is 5.97 Å². The molecule has 18 heavy (non-hydrogen) atoms. The molecule has 0 aliphatic rings. The molecule has 0 saturated heterocycles. The first-order valence-corrected chi connectivity index (χ1v) is 6.06. The summed E-state index contributed by atoms with van der Waals surface area (Å²) in [5.74, 6) is -0.991. The molecule has 2 aromatic rings. The second kappa shape index (κ2) is 5.04. The van der Waals surface area contributed by atoms with E-state index in [1.165, 1.54) is 11.1 Å². The summed E-state index contributed by atoms with van der Waals surface area (Å²) in [6, 6.07) is 7.71. The van der Waals surface area contributed by atoms with Gasteiger partial charge in [-0.1, -0.05) is 26.0 Å². The topological polar surface area (TPSA) is 66.0 Å². The molecular formula is C14H16N2O2. The average Bonchev–Trinajstić information content (AvgIpc) is 2.87. The summed E-state index contributed by atoms with van der Waals surface area (Å²) in [4.78, 5) is 10.8. The lowest BCUT2D eigenvalue weighted by atomic mass is 9.99. The molecule has 0 spiro atoms. The van der Waals surface area contributed by atoms with Crippen LogP contribution in [0.4, 0.5) is 0 Å². The normalized spacial score (nSPS) is 10.6. The number of benzene rings is 1. The summed E-state index contributed by atoms with van der Waals surface area (Å²) in [5.41, 5.74) is 4.35. The second-order valence-electron chi connectivity index (χ2n) is 4.16. The summed E-state index contributed by atoms with van der Waals surface area (Å²) in [7, 11) is 0. The number of hydrogen-bond donors (Lipinski definition) is 2. The lowest BCUT2D eigenvalue weighted by Gasteiger charge is -2.07. The van der Waals surface area contributed by atoms with E-state index >= 15 is 0 Å². The van der Waals surface area contributed by atoms with Gasteiger partial charge in [-0.2, -0.15) is 5.10 Å². The van der Waals surface area contributed by atoms with E-state index in [-0.39, 0.29) is 5.69 Å². The van der Waals surface area contributed by atoms with E-state index in [9.17, 15) is 4.79 Å². The molecular weight excluding hydrogens is 228 g/mol. The highest BCUT2D eigenvalue weighted by Gasteiger charge is 2.10. The van der Waals surface area contributed by atoms with Gasteiger partial charge in [0.15, 0.2) is 0 Å². The number of nitrogens with one attached hydrogen (secondary N) is 1. The number of aromatic amines is 1. The summed E-state index contributed by atoms with van der Waals surface area (Å²) < 4.78 is 0. The van der Waals surface area contributed by atoms with Gasteiger partial charge in [0.1, 0.15) is 5.69 Å². The van der Waals surface area contributed by atoms with Crippen LogP contribution in [0.5, 0.6) is 0 Å². The van der Waals surface area contributed by atoms with Crippen LogP contribution in [0, 0.1) is 0 Å². The zero-order valence-electron chi connectivity index (χ0n) is 10.5. The van der Waals surface area contributed by atoms with Crippen molar-refractivity contribution >= 4 is 5.97 Å². The Bertz CT molecular complexity index is 573. The zero-order valence-corrected chi connectivity index (χ0v) is 10.5. The molecule has 0 aliphatic carbocycles. The summed E-state index contributed by atoms with van der Waals surface area (Å²) in [6.45, 7) is 4.25. The molecule has 0 fully saturated rings. The number of hydrogen-bond acceptors (Lipinski definition) is 2. The minimum Gasteiger partial charge on any atom is -0.477 e. The fraction of sp³-hybridized carbons (Fsp3) is 0.286. The molecule has 4 nitrogen and oxygen atoms in total. The van der Waals surface area contributed by atoms with Crippen LogP contribution in [0.1, 0.15) is 35.5 Å². The Morgan fingerprint density at radius 2 is 1.94 bits per heavy atom. The highest BCUT2D eigenvalue weighted by molar-refractivity contribution is 5.86. The first-order chi connectivity index (χ1) is 8.65. The molecule has 0 saturated carbocycles. The predicted molar refractivity (Wildman–Crippen MR) is 69.7 cm³/mol. The monoisotopic (exact) mass is 244 g/mol. The maximum Gasteiger partial charge on any atom is 0.353 e. The number of carboxylic acid groups (broad SMARTS) is 1. The fourth-order valence-corrected chi connectivity index (χ4v) is 2.04. The van der Waals surface area contributed by atoms with Gasteiger partial charge in [0.25, 0.3) is 0 Å². The molecule has 94 valence electrons. The molecule has 0 unspecified atom stereocenters. The average molecular weight is 244 g/mol. The minimum atomic E-state index is -0.991. The van der Waals surface area contributed by atoms with Crippen LogP contribution in [0.15, 0.2) is 24.3 Å².